The summed E-state index contributed by atoms with van der Waals surface area (Å²) in [5.74, 6) is 3.08. The van der Waals surface area contributed by atoms with Gasteiger partial charge in [0.05, 0.1) is 5.11 Å². The summed E-state index contributed by atoms with van der Waals surface area (Å²) in [7, 11) is 3.75. The molecule has 0 aliphatic carbocycles. The number of azo groups is 1. The summed E-state index contributed by atoms with van der Waals surface area (Å²) in [5.41, 5.74) is 0.662. The highest BCUT2D eigenvalue weighted by Crippen LogP contribution is 2.18. The van der Waals surface area contributed by atoms with Crippen LogP contribution in [0.2, 0.25) is 0 Å². The van der Waals surface area contributed by atoms with Crippen molar-refractivity contribution in [3.05, 3.63) is 29.8 Å². The van der Waals surface area contributed by atoms with Crippen molar-refractivity contribution < 1.29 is 4.68 Å². The van der Waals surface area contributed by atoms with Crippen LogP contribution in [-0.4, -0.2) is 46.9 Å². The normalized spacial score (nSPS) is 18.2. The minimum atomic E-state index is 0.460. The topological polar surface area (TPSA) is 90.5 Å². The first-order valence-corrected chi connectivity index (χ1v) is 10.5. The lowest BCUT2D eigenvalue weighted by Gasteiger charge is -2.16. The Bertz CT molecular complexity index is 1010. The summed E-state index contributed by atoms with van der Waals surface area (Å²) in [4.78, 5) is 4.57. The molecule has 0 atom stereocenters. The fourth-order valence-electron chi connectivity index (χ4n) is 3.68. The van der Waals surface area contributed by atoms with Crippen molar-refractivity contribution in [3.63, 3.8) is 0 Å². The van der Waals surface area contributed by atoms with E-state index in [1.165, 1.54) is 25.7 Å². The molecular formula is C20H29N10+. The third-order valence-electron chi connectivity index (χ3n) is 5.39. The maximum absolute atomic E-state index is 4.59. The minimum absolute atomic E-state index is 0.460. The second-order valence-electron chi connectivity index (χ2n) is 7.68. The van der Waals surface area contributed by atoms with Crippen LogP contribution < -0.4 is 20.0 Å². The number of aromatic nitrogens is 4. The van der Waals surface area contributed by atoms with Gasteiger partial charge in [0.25, 0.3) is 0 Å². The number of hydrogen-bond donors (Lipinski definition) is 0. The van der Waals surface area contributed by atoms with Crippen molar-refractivity contribution in [2.75, 3.05) is 36.0 Å². The lowest BCUT2D eigenvalue weighted by atomic mass is 10.4. The Morgan fingerprint density at radius 1 is 0.933 bits per heavy atom. The van der Waals surface area contributed by atoms with Crippen LogP contribution in [0.4, 0.5) is 17.5 Å². The molecule has 0 bridgehead atoms. The van der Waals surface area contributed by atoms with Crippen LogP contribution in [0.3, 0.4) is 0 Å². The van der Waals surface area contributed by atoms with Crippen LogP contribution in [0.15, 0.2) is 44.7 Å². The highest BCUT2D eigenvalue weighted by molar-refractivity contribution is 5.79. The average Bonchev–Trinajstić information content (AvgIpc) is 3.46. The molecule has 0 N–H and O–H groups in total. The fraction of sp³-hybridized carbons (Fsp3) is 0.550. The van der Waals surface area contributed by atoms with Gasteiger partial charge in [-0.2, -0.15) is 5.10 Å². The lowest BCUT2D eigenvalue weighted by Crippen LogP contribution is -2.35. The van der Waals surface area contributed by atoms with E-state index in [4.69, 9.17) is 0 Å². The van der Waals surface area contributed by atoms with Gasteiger partial charge in [0.1, 0.15) is 12.9 Å². The van der Waals surface area contributed by atoms with Crippen LogP contribution in [0.5, 0.6) is 0 Å². The van der Waals surface area contributed by atoms with E-state index >= 15 is 0 Å². The summed E-state index contributed by atoms with van der Waals surface area (Å²) in [6.45, 7) is 6.02. The maximum Gasteiger partial charge on any atom is 0.370 e. The first-order chi connectivity index (χ1) is 14.6. The number of anilines is 2. The van der Waals surface area contributed by atoms with Crippen molar-refractivity contribution in [1.82, 2.24) is 14.9 Å². The number of nitrogens with zero attached hydrogens (tertiary/aromatic N) is 10. The van der Waals surface area contributed by atoms with Crippen molar-refractivity contribution in [2.24, 2.45) is 34.5 Å². The summed E-state index contributed by atoms with van der Waals surface area (Å²) >= 11 is 0. The summed E-state index contributed by atoms with van der Waals surface area (Å²) in [6, 6.07) is 7.83. The predicted octanol–water partition coefficient (Wildman–Crippen LogP) is 1.86. The molecule has 2 aliphatic rings. The molecule has 2 aliphatic heterocycles. The molecule has 0 amide bonds. The van der Waals surface area contributed by atoms with E-state index in [0.29, 0.717) is 17.1 Å². The van der Waals surface area contributed by atoms with Gasteiger partial charge in [-0.1, -0.05) is 5.10 Å². The van der Waals surface area contributed by atoms with Gasteiger partial charge in [0, 0.05) is 46.2 Å². The third-order valence-corrected chi connectivity index (χ3v) is 5.39. The van der Waals surface area contributed by atoms with Crippen LogP contribution in [-0.2, 0) is 14.1 Å². The first kappa shape index (κ1) is 20.1. The molecule has 0 unspecified atom stereocenters. The van der Waals surface area contributed by atoms with E-state index in [-0.39, 0.29) is 0 Å². The SMILES string of the molecule is CC(/N=N/c1ccc(N2CCCC2)n[n+]1C)=N\N=c1\ccc(N2CCCC2)nn1C. The molecular weight excluding hydrogens is 380 g/mol. The Kier molecular flexibility index (Phi) is 6.10. The Morgan fingerprint density at radius 2 is 1.57 bits per heavy atom. The second-order valence-corrected chi connectivity index (χ2v) is 7.68. The minimum Gasteiger partial charge on any atom is -0.355 e. The van der Waals surface area contributed by atoms with Crippen molar-refractivity contribution in [2.45, 2.75) is 32.6 Å². The van der Waals surface area contributed by atoms with E-state index in [9.17, 15) is 0 Å². The zero-order valence-corrected chi connectivity index (χ0v) is 17.9. The highest BCUT2D eigenvalue weighted by Gasteiger charge is 2.17. The van der Waals surface area contributed by atoms with E-state index in [2.05, 4.69) is 40.4 Å². The molecule has 0 saturated carbocycles. The van der Waals surface area contributed by atoms with Crippen molar-refractivity contribution in [1.29, 1.82) is 0 Å². The molecule has 158 valence electrons. The predicted molar refractivity (Wildman–Crippen MR) is 115 cm³/mol. The number of aryl methyl sites for hydroxylation is 2. The van der Waals surface area contributed by atoms with Gasteiger partial charge in [-0.05, 0) is 49.0 Å². The van der Waals surface area contributed by atoms with Gasteiger partial charge in [0.2, 0.25) is 0 Å². The molecule has 2 fully saturated rings. The molecule has 10 heteroatoms. The standard InChI is InChI=1S/C20H29N10/c1-16(21-23-17-8-10-19(25-27(17)2)29-12-4-5-13-29)22-24-18-9-11-20(26-28(18)3)30-14-6-7-15-30/h8-11H,4-7,12-15H2,1-3H3/q+1. The Hall–Kier alpha value is -3.17. The number of rotatable bonds is 4. The fourth-order valence-corrected chi connectivity index (χ4v) is 3.68. The van der Waals surface area contributed by atoms with Crippen LogP contribution in [0.25, 0.3) is 0 Å². The Morgan fingerprint density at radius 3 is 2.20 bits per heavy atom. The Balaban J connectivity index is 1.45. The molecule has 2 aromatic heterocycles. The molecule has 0 radical (unpaired) electrons. The number of amidine groups is 1. The Labute approximate surface area is 176 Å². The number of hydrogen-bond acceptors (Lipinski definition) is 7. The van der Waals surface area contributed by atoms with E-state index in [1.807, 2.05) is 38.4 Å². The summed E-state index contributed by atoms with van der Waals surface area (Å²) in [6.07, 6.45) is 4.89. The lowest BCUT2D eigenvalue weighted by molar-refractivity contribution is -0.717. The van der Waals surface area contributed by atoms with Crippen LogP contribution in [0.1, 0.15) is 32.6 Å². The van der Waals surface area contributed by atoms with Gasteiger partial charge in [0.15, 0.2) is 17.1 Å². The molecule has 2 saturated heterocycles. The zero-order chi connectivity index (χ0) is 20.9. The average molecular weight is 410 g/mol. The van der Waals surface area contributed by atoms with Gasteiger partial charge < -0.3 is 9.80 Å². The molecule has 0 spiro atoms. The highest BCUT2D eigenvalue weighted by atomic mass is 15.4. The van der Waals surface area contributed by atoms with Crippen LogP contribution in [0, 0.1) is 0 Å². The van der Waals surface area contributed by atoms with Crippen molar-refractivity contribution >= 4 is 23.3 Å². The molecule has 2 aromatic rings. The molecule has 4 rings (SSSR count). The van der Waals surface area contributed by atoms with E-state index in [1.54, 1.807) is 16.3 Å². The molecule has 10 nitrogen and oxygen atoms in total. The quantitative estimate of drug-likeness (QED) is 0.253. The molecule has 4 heterocycles. The second kappa shape index (κ2) is 9.10. The summed E-state index contributed by atoms with van der Waals surface area (Å²) < 4.78 is 3.48. The van der Waals surface area contributed by atoms with E-state index < -0.39 is 0 Å². The molecule has 30 heavy (non-hydrogen) atoms. The smallest absolute Gasteiger partial charge is 0.355 e. The van der Waals surface area contributed by atoms with Gasteiger partial charge in [-0.3, -0.25) is 0 Å². The van der Waals surface area contributed by atoms with Gasteiger partial charge >= 0.3 is 5.82 Å². The van der Waals surface area contributed by atoms with Crippen LogP contribution >= 0.6 is 0 Å². The zero-order valence-electron chi connectivity index (χ0n) is 17.9. The van der Waals surface area contributed by atoms with Crippen molar-refractivity contribution in [3.8, 4) is 0 Å². The van der Waals surface area contributed by atoms with Gasteiger partial charge in [-0.15, -0.1) is 14.9 Å². The first-order valence-electron chi connectivity index (χ1n) is 10.5. The van der Waals surface area contributed by atoms with E-state index in [0.717, 1.165) is 37.8 Å². The monoisotopic (exact) mass is 409 g/mol. The molecule has 0 aromatic carbocycles. The third kappa shape index (κ3) is 4.69. The summed E-state index contributed by atoms with van der Waals surface area (Å²) in [5, 5.41) is 26.1. The maximum atomic E-state index is 4.59. The largest absolute Gasteiger partial charge is 0.370 e. The van der Waals surface area contributed by atoms with Gasteiger partial charge in [-0.25, -0.2) is 4.68 Å².